The normalized spacial score (nSPS) is 20.3. The Kier molecular flexibility index (Phi) is 3.99. The van der Waals surface area contributed by atoms with Crippen molar-refractivity contribution in [3.05, 3.63) is 30.1 Å². The van der Waals surface area contributed by atoms with Crippen LogP contribution in [0, 0.1) is 11.7 Å². The van der Waals surface area contributed by atoms with Crippen LogP contribution in [-0.4, -0.2) is 11.5 Å². The van der Waals surface area contributed by atoms with Crippen LogP contribution in [0.1, 0.15) is 25.7 Å². The lowest BCUT2D eigenvalue weighted by molar-refractivity contribution is -0.120. The molecule has 86 valence electrons. The lowest BCUT2D eigenvalue weighted by atomic mass is 10.1. The first-order valence-corrected chi connectivity index (χ1v) is 6.66. The lowest BCUT2D eigenvalue weighted by Gasteiger charge is -2.07. The van der Waals surface area contributed by atoms with Gasteiger partial charge in [0.15, 0.2) is 0 Å². The smallest absolute Gasteiger partial charge is 0.136 e. The second kappa shape index (κ2) is 5.48. The molecular formula is C13H15FOS. The summed E-state index contributed by atoms with van der Waals surface area (Å²) in [5.74, 6) is 1.30. The van der Waals surface area contributed by atoms with E-state index in [2.05, 4.69) is 0 Å². The van der Waals surface area contributed by atoms with Gasteiger partial charge >= 0.3 is 0 Å². The fourth-order valence-electron chi connectivity index (χ4n) is 2.07. The summed E-state index contributed by atoms with van der Waals surface area (Å²) in [6, 6.07) is 6.80. The van der Waals surface area contributed by atoms with Crippen LogP contribution >= 0.6 is 11.8 Å². The van der Waals surface area contributed by atoms with Crippen LogP contribution < -0.4 is 0 Å². The maximum Gasteiger partial charge on any atom is 0.136 e. The number of hydrogen-bond acceptors (Lipinski definition) is 2. The molecule has 1 aromatic rings. The Morgan fingerprint density at radius 3 is 2.88 bits per heavy atom. The van der Waals surface area contributed by atoms with E-state index in [0.29, 0.717) is 10.7 Å². The molecule has 0 radical (unpaired) electrons. The van der Waals surface area contributed by atoms with E-state index in [0.717, 1.165) is 31.4 Å². The maximum absolute atomic E-state index is 13.3. The molecule has 1 fully saturated rings. The van der Waals surface area contributed by atoms with E-state index in [4.69, 9.17) is 0 Å². The van der Waals surface area contributed by atoms with Crippen molar-refractivity contribution in [2.24, 2.45) is 5.92 Å². The quantitative estimate of drug-likeness (QED) is 0.744. The van der Waals surface area contributed by atoms with Crippen molar-refractivity contribution in [1.82, 2.24) is 0 Å². The first kappa shape index (κ1) is 11.6. The first-order valence-electron chi connectivity index (χ1n) is 5.67. The zero-order valence-corrected chi connectivity index (χ0v) is 9.93. The molecule has 1 aliphatic rings. The number of Topliss-reactive ketones (excluding diaryl/α,β-unsaturated/α-hetero) is 1. The van der Waals surface area contributed by atoms with E-state index in [-0.39, 0.29) is 11.7 Å². The number of carbonyl (C=O) groups is 1. The third kappa shape index (κ3) is 2.85. The zero-order valence-electron chi connectivity index (χ0n) is 9.12. The molecule has 0 amide bonds. The molecule has 1 aromatic carbocycles. The van der Waals surface area contributed by atoms with Crippen LogP contribution in [0.4, 0.5) is 4.39 Å². The van der Waals surface area contributed by atoms with Crippen molar-refractivity contribution < 1.29 is 9.18 Å². The lowest BCUT2D eigenvalue weighted by Crippen LogP contribution is -2.06. The topological polar surface area (TPSA) is 17.1 Å². The predicted octanol–water partition coefficient (Wildman–Crippen LogP) is 3.68. The first-order chi connectivity index (χ1) is 7.77. The zero-order chi connectivity index (χ0) is 11.4. The van der Waals surface area contributed by atoms with Crippen molar-refractivity contribution in [1.29, 1.82) is 0 Å². The van der Waals surface area contributed by atoms with E-state index < -0.39 is 0 Å². The molecule has 1 unspecified atom stereocenters. The second-order valence-electron chi connectivity index (χ2n) is 4.12. The van der Waals surface area contributed by atoms with Gasteiger partial charge in [0.25, 0.3) is 0 Å². The van der Waals surface area contributed by atoms with E-state index in [1.165, 1.54) is 17.8 Å². The van der Waals surface area contributed by atoms with Crippen LogP contribution in [0.2, 0.25) is 0 Å². The summed E-state index contributed by atoms with van der Waals surface area (Å²) < 4.78 is 13.3. The van der Waals surface area contributed by atoms with Crippen molar-refractivity contribution in [3.8, 4) is 0 Å². The van der Waals surface area contributed by atoms with Gasteiger partial charge in [0, 0.05) is 17.2 Å². The van der Waals surface area contributed by atoms with Crippen LogP contribution in [0.15, 0.2) is 29.2 Å². The van der Waals surface area contributed by atoms with E-state index in [9.17, 15) is 9.18 Å². The summed E-state index contributed by atoms with van der Waals surface area (Å²) >= 11 is 1.51. The predicted molar refractivity (Wildman–Crippen MR) is 64.1 cm³/mol. The molecule has 3 heteroatoms. The highest BCUT2D eigenvalue weighted by Crippen LogP contribution is 2.28. The van der Waals surface area contributed by atoms with Gasteiger partial charge in [-0.3, -0.25) is 4.79 Å². The number of carbonyl (C=O) groups excluding carboxylic acids is 1. The van der Waals surface area contributed by atoms with Gasteiger partial charge < -0.3 is 0 Å². The Bertz CT molecular complexity index is 378. The summed E-state index contributed by atoms with van der Waals surface area (Å²) in [7, 11) is 0. The van der Waals surface area contributed by atoms with Gasteiger partial charge in [-0.15, -0.1) is 11.8 Å². The fraction of sp³-hybridized carbons (Fsp3) is 0.462. The molecule has 0 spiro atoms. The second-order valence-corrected chi connectivity index (χ2v) is 5.26. The maximum atomic E-state index is 13.3. The highest BCUT2D eigenvalue weighted by atomic mass is 32.2. The van der Waals surface area contributed by atoms with Crippen LogP contribution in [0.25, 0.3) is 0 Å². The summed E-state index contributed by atoms with van der Waals surface area (Å²) in [6.07, 6.45) is 3.69. The Balaban J connectivity index is 1.80. The Morgan fingerprint density at radius 1 is 1.38 bits per heavy atom. The van der Waals surface area contributed by atoms with E-state index in [1.807, 2.05) is 6.07 Å². The molecule has 2 rings (SSSR count). The van der Waals surface area contributed by atoms with Crippen molar-refractivity contribution in [2.45, 2.75) is 30.6 Å². The molecule has 1 atom stereocenters. The van der Waals surface area contributed by atoms with Gasteiger partial charge in [-0.1, -0.05) is 12.1 Å². The van der Waals surface area contributed by atoms with E-state index >= 15 is 0 Å². The molecule has 0 N–H and O–H groups in total. The monoisotopic (exact) mass is 238 g/mol. The molecule has 1 nitrogen and oxygen atoms in total. The average Bonchev–Trinajstić information content (AvgIpc) is 2.67. The summed E-state index contributed by atoms with van der Waals surface area (Å²) in [5.41, 5.74) is 0. The van der Waals surface area contributed by atoms with Crippen molar-refractivity contribution in [3.63, 3.8) is 0 Å². The Labute approximate surface area is 99.4 Å². The summed E-state index contributed by atoms with van der Waals surface area (Å²) in [6.45, 7) is 0. The molecule has 0 saturated heterocycles. The van der Waals surface area contributed by atoms with Gasteiger partial charge in [-0.2, -0.15) is 0 Å². The fourth-order valence-corrected chi connectivity index (χ4v) is 3.07. The van der Waals surface area contributed by atoms with Gasteiger partial charge in [0.1, 0.15) is 11.6 Å². The average molecular weight is 238 g/mol. The van der Waals surface area contributed by atoms with Crippen molar-refractivity contribution in [2.75, 3.05) is 5.75 Å². The van der Waals surface area contributed by atoms with E-state index in [1.54, 1.807) is 12.1 Å². The van der Waals surface area contributed by atoms with Gasteiger partial charge in [-0.25, -0.2) is 4.39 Å². The number of benzene rings is 1. The number of rotatable bonds is 4. The van der Waals surface area contributed by atoms with Crippen LogP contribution in [0.5, 0.6) is 0 Å². The number of thioether (sulfide) groups is 1. The standard InChI is InChI=1S/C13H15FOS/c14-11-5-1-2-7-13(11)16-9-8-10-4-3-6-12(10)15/h1-2,5,7,10H,3-4,6,8-9H2. The van der Waals surface area contributed by atoms with Gasteiger partial charge in [0.2, 0.25) is 0 Å². The molecule has 0 heterocycles. The molecular weight excluding hydrogens is 223 g/mol. The van der Waals surface area contributed by atoms with Crippen LogP contribution in [0.3, 0.4) is 0 Å². The number of halogens is 1. The van der Waals surface area contributed by atoms with Gasteiger partial charge in [0.05, 0.1) is 0 Å². The third-order valence-electron chi connectivity index (χ3n) is 2.99. The van der Waals surface area contributed by atoms with Gasteiger partial charge in [-0.05, 0) is 37.1 Å². The van der Waals surface area contributed by atoms with Crippen LogP contribution in [-0.2, 0) is 4.79 Å². The number of ketones is 1. The molecule has 1 saturated carbocycles. The molecule has 0 bridgehead atoms. The number of hydrogen-bond donors (Lipinski definition) is 0. The van der Waals surface area contributed by atoms with Crippen molar-refractivity contribution >= 4 is 17.5 Å². The SMILES string of the molecule is O=C1CCCC1CCSc1ccccc1F. The Hall–Kier alpha value is -0.830. The molecule has 16 heavy (non-hydrogen) atoms. The summed E-state index contributed by atoms with van der Waals surface area (Å²) in [5, 5.41) is 0. The minimum absolute atomic E-state index is 0.162. The highest BCUT2D eigenvalue weighted by Gasteiger charge is 2.23. The molecule has 0 aromatic heterocycles. The highest BCUT2D eigenvalue weighted by molar-refractivity contribution is 7.99. The minimum Gasteiger partial charge on any atom is -0.299 e. The Morgan fingerprint density at radius 2 is 2.19 bits per heavy atom. The third-order valence-corrected chi connectivity index (χ3v) is 4.07. The minimum atomic E-state index is -0.162. The largest absolute Gasteiger partial charge is 0.299 e. The molecule has 0 aliphatic heterocycles. The summed E-state index contributed by atoms with van der Waals surface area (Å²) in [4.78, 5) is 12.1. The molecule has 1 aliphatic carbocycles.